The first-order valence-electron chi connectivity index (χ1n) is 14.8. The fourth-order valence-corrected chi connectivity index (χ4v) is 4.34. The van der Waals surface area contributed by atoms with Crippen molar-refractivity contribution in [3.8, 4) is 5.75 Å². The number of carbonyl (C=O) groups excluding carboxylic acids is 4. The highest BCUT2D eigenvalue weighted by molar-refractivity contribution is 5.92. The molecule has 1 aromatic carbocycles. The van der Waals surface area contributed by atoms with Gasteiger partial charge < -0.3 is 30.1 Å². The molecule has 2 atom stereocenters. The highest BCUT2D eigenvalue weighted by Gasteiger charge is 2.37. The van der Waals surface area contributed by atoms with Crippen LogP contribution in [0.3, 0.4) is 0 Å². The maximum Gasteiger partial charge on any atom is 0.408 e. The molecule has 0 aliphatic carbocycles. The number of benzene rings is 1. The summed E-state index contributed by atoms with van der Waals surface area (Å²) in [6.45, 7) is 13.2. The molecular formula is C31H51N3O7. The molecule has 0 aliphatic rings. The van der Waals surface area contributed by atoms with Gasteiger partial charge in [-0.1, -0.05) is 65.0 Å². The van der Waals surface area contributed by atoms with Crippen LogP contribution < -0.4 is 10.6 Å². The lowest BCUT2D eigenvalue weighted by atomic mass is 9.98. The molecule has 0 saturated carbocycles. The second-order valence-electron chi connectivity index (χ2n) is 11.5. The van der Waals surface area contributed by atoms with Crippen molar-refractivity contribution in [2.45, 2.75) is 111 Å². The van der Waals surface area contributed by atoms with E-state index in [2.05, 4.69) is 17.6 Å². The Morgan fingerprint density at radius 2 is 1.66 bits per heavy atom. The van der Waals surface area contributed by atoms with Gasteiger partial charge >= 0.3 is 12.1 Å². The summed E-state index contributed by atoms with van der Waals surface area (Å²) in [4.78, 5) is 53.8. The van der Waals surface area contributed by atoms with Gasteiger partial charge in [-0.3, -0.25) is 14.4 Å². The Morgan fingerprint density at radius 3 is 2.24 bits per heavy atom. The Bertz CT molecular complexity index is 975. The molecule has 2 unspecified atom stereocenters. The molecular weight excluding hydrogens is 526 g/mol. The maximum atomic E-state index is 14.2. The number of hydrogen-bond donors (Lipinski definition) is 3. The number of phenols is 1. The first kappa shape index (κ1) is 35.7. The summed E-state index contributed by atoms with van der Waals surface area (Å²) in [5.74, 6) is -1.74. The van der Waals surface area contributed by atoms with Crippen LogP contribution >= 0.6 is 0 Å². The molecule has 1 aromatic rings. The minimum atomic E-state index is -1.10. The van der Waals surface area contributed by atoms with Crippen LogP contribution in [-0.4, -0.2) is 65.2 Å². The second kappa shape index (κ2) is 18.2. The van der Waals surface area contributed by atoms with Crippen molar-refractivity contribution < 1.29 is 33.8 Å². The third kappa shape index (κ3) is 13.7. The number of aromatic hydroxyl groups is 1. The number of carbonyl (C=O) groups is 4. The summed E-state index contributed by atoms with van der Waals surface area (Å²) < 4.78 is 10.4. The summed E-state index contributed by atoms with van der Waals surface area (Å²) in [5.41, 5.74) is -0.340. The highest BCUT2D eigenvalue weighted by atomic mass is 16.6. The summed E-state index contributed by atoms with van der Waals surface area (Å²) in [6.07, 6.45) is 5.11. The molecule has 0 radical (unpaired) electrons. The fourth-order valence-electron chi connectivity index (χ4n) is 4.34. The number of unbranched alkanes of at least 4 members (excludes halogenated alkanes) is 5. The van der Waals surface area contributed by atoms with Crippen LogP contribution in [0.25, 0.3) is 0 Å². The predicted octanol–water partition coefficient (Wildman–Crippen LogP) is 5.24. The van der Waals surface area contributed by atoms with Gasteiger partial charge in [-0.05, 0) is 57.7 Å². The molecule has 3 amide bonds. The first-order valence-corrected chi connectivity index (χ1v) is 14.8. The molecule has 0 spiro atoms. The van der Waals surface area contributed by atoms with E-state index in [0.29, 0.717) is 12.0 Å². The van der Waals surface area contributed by atoms with E-state index in [1.165, 1.54) is 17.0 Å². The van der Waals surface area contributed by atoms with E-state index in [0.717, 1.165) is 32.1 Å². The van der Waals surface area contributed by atoms with E-state index in [1.54, 1.807) is 39.8 Å². The average Bonchev–Trinajstić information content (AvgIpc) is 2.87. The molecule has 10 nitrogen and oxygen atoms in total. The lowest BCUT2D eigenvalue weighted by Crippen LogP contribution is -2.55. The van der Waals surface area contributed by atoms with Crippen LogP contribution in [0.2, 0.25) is 0 Å². The molecule has 0 saturated heterocycles. The Hall–Kier alpha value is -3.30. The molecule has 41 heavy (non-hydrogen) atoms. The van der Waals surface area contributed by atoms with Gasteiger partial charge in [0.1, 0.15) is 23.4 Å². The molecule has 10 heteroatoms. The van der Waals surface area contributed by atoms with E-state index in [1.807, 2.05) is 13.8 Å². The van der Waals surface area contributed by atoms with Crippen LogP contribution in [0.4, 0.5) is 4.79 Å². The number of amides is 3. The molecule has 0 aliphatic heterocycles. The van der Waals surface area contributed by atoms with Crippen LogP contribution in [0.15, 0.2) is 24.3 Å². The Morgan fingerprint density at radius 1 is 1.00 bits per heavy atom. The highest BCUT2D eigenvalue weighted by Crippen LogP contribution is 2.27. The monoisotopic (exact) mass is 577 g/mol. The van der Waals surface area contributed by atoms with E-state index in [-0.39, 0.29) is 37.8 Å². The lowest BCUT2D eigenvalue weighted by molar-refractivity contribution is -0.144. The maximum absolute atomic E-state index is 14.2. The Balaban J connectivity index is 3.38. The standard InChI is InChI=1S/C31H51N3O7/c1-8-10-11-12-13-14-20-34(29(38)26(22(3)4)33-30(39)41-31(5,6)7)27(23-16-15-17-24(35)21-23)28(37)32-19-18-25(36)40-9-2/h15-17,21-22,26-27,35H,8-14,18-20H2,1-7H3,(H,32,37)(H,33,39). The van der Waals surface area contributed by atoms with Crippen LogP contribution in [0.1, 0.15) is 105 Å². The van der Waals surface area contributed by atoms with Gasteiger partial charge in [0, 0.05) is 13.1 Å². The van der Waals surface area contributed by atoms with Gasteiger partial charge in [0.25, 0.3) is 0 Å². The quantitative estimate of drug-likeness (QED) is 0.170. The van der Waals surface area contributed by atoms with E-state index in [9.17, 15) is 24.3 Å². The number of ether oxygens (including phenoxy) is 2. The van der Waals surface area contributed by atoms with Gasteiger partial charge in [-0.2, -0.15) is 0 Å². The van der Waals surface area contributed by atoms with Crippen molar-refractivity contribution in [3.63, 3.8) is 0 Å². The molecule has 232 valence electrons. The van der Waals surface area contributed by atoms with Crippen LogP contribution in [0.5, 0.6) is 5.75 Å². The molecule has 3 N–H and O–H groups in total. The van der Waals surface area contributed by atoms with Gasteiger partial charge in [0.05, 0.1) is 13.0 Å². The summed E-state index contributed by atoms with van der Waals surface area (Å²) in [7, 11) is 0. The van der Waals surface area contributed by atoms with Crippen molar-refractivity contribution >= 4 is 23.9 Å². The number of alkyl carbamates (subject to hydrolysis) is 1. The van der Waals surface area contributed by atoms with E-state index >= 15 is 0 Å². The van der Waals surface area contributed by atoms with Crippen LogP contribution in [-0.2, 0) is 23.9 Å². The molecule has 1 rings (SSSR count). The Kier molecular flexibility index (Phi) is 15.9. The molecule has 0 heterocycles. The number of nitrogens with zero attached hydrogens (tertiary/aromatic N) is 1. The largest absolute Gasteiger partial charge is 0.508 e. The smallest absolute Gasteiger partial charge is 0.408 e. The first-order chi connectivity index (χ1) is 19.3. The zero-order chi connectivity index (χ0) is 31.0. The van der Waals surface area contributed by atoms with Gasteiger partial charge in [-0.25, -0.2) is 4.79 Å². The third-order valence-electron chi connectivity index (χ3n) is 6.32. The summed E-state index contributed by atoms with van der Waals surface area (Å²) in [6, 6.07) is 4.15. The predicted molar refractivity (Wildman–Crippen MR) is 158 cm³/mol. The van der Waals surface area contributed by atoms with Gasteiger partial charge in [0.15, 0.2) is 0 Å². The fraction of sp³-hybridized carbons (Fsp3) is 0.677. The van der Waals surface area contributed by atoms with Crippen molar-refractivity contribution in [2.24, 2.45) is 5.92 Å². The Labute approximate surface area is 245 Å². The van der Waals surface area contributed by atoms with E-state index in [4.69, 9.17) is 9.47 Å². The van der Waals surface area contributed by atoms with Crippen molar-refractivity contribution in [3.05, 3.63) is 29.8 Å². The number of phenolic OH excluding ortho intramolecular Hbond substituents is 1. The second-order valence-corrected chi connectivity index (χ2v) is 11.5. The minimum Gasteiger partial charge on any atom is -0.508 e. The zero-order valence-electron chi connectivity index (χ0n) is 26.0. The minimum absolute atomic E-state index is 0.0213. The number of hydrogen-bond acceptors (Lipinski definition) is 7. The number of esters is 1. The van der Waals surface area contributed by atoms with Gasteiger partial charge in [-0.15, -0.1) is 0 Å². The molecule has 0 aromatic heterocycles. The molecule has 0 fully saturated rings. The molecule has 0 bridgehead atoms. The summed E-state index contributed by atoms with van der Waals surface area (Å²) in [5, 5.41) is 15.7. The van der Waals surface area contributed by atoms with Gasteiger partial charge in [0.2, 0.25) is 11.8 Å². The number of rotatable bonds is 17. The normalized spacial score (nSPS) is 12.8. The van der Waals surface area contributed by atoms with Crippen molar-refractivity contribution in [1.29, 1.82) is 0 Å². The SMILES string of the molecule is CCCCCCCCN(C(=O)C(NC(=O)OC(C)(C)C)C(C)C)C(C(=O)NCCC(=O)OCC)c1cccc(O)c1. The lowest BCUT2D eigenvalue weighted by Gasteiger charge is -2.35. The third-order valence-corrected chi connectivity index (χ3v) is 6.32. The number of nitrogens with one attached hydrogen (secondary N) is 2. The van der Waals surface area contributed by atoms with Crippen molar-refractivity contribution in [1.82, 2.24) is 15.5 Å². The van der Waals surface area contributed by atoms with E-state index < -0.39 is 41.6 Å². The average molecular weight is 578 g/mol. The zero-order valence-corrected chi connectivity index (χ0v) is 26.0. The van der Waals surface area contributed by atoms with Crippen molar-refractivity contribution in [2.75, 3.05) is 19.7 Å². The summed E-state index contributed by atoms with van der Waals surface area (Å²) >= 11 is 0. The van der Waals surface area contributed by atoms with Crippen LogP contribution in [0, 0.1) is 5.92 Å². The topological polar surface area (TPSA) is 134 Å².